The van der Waals surface area contributed by atoms with Crippen LogP contribution >= 0.6 is 0 Å². The lowest BCUT2D eigenvalue weighted by molar-refractivity contribution is 0.824. The maximum absolute atomic E-state index is 13.4. The summed E-state index contributed by atoms with van der Waals surface area (Å²) in [5, 5.41) is 19.3. The third kappa shape index (κ3) is 3.17. The van der Waals surface area contributed by atoms with Gasteiger partial charge in [0.25, 0.3) is 5.56 Å². The zero-order chi connectivity index (χ0) is 23.1. The number of rotatable bonds is 4. The Labute approximate surface area is 194 Å². The first kappa shape index (κ1) is 19.7. The van der Waals surface area contributed by atoms with Gasteiger partial charge in [-0.25, -0.2) is 4.68 Å². The number of hydrogen-bond donors (Lipinski definition) is 0. The molecule has 0 aliphatic carbocycles. The SMILES string of the molecule is N#Cc1ccccc1-n1nc2c3ccccc3n(Cc3ccc(-n4cccn4)cc3)cc-2c1=O. The normalized spacial score (nSPS) is 11.1. The molecule has 0 fully saturated rings. The number of nitriles is 1. The van der Waals surface area contributed by atoms with E-state index in [1.807, 2.05) is 59.5 Å². The Kier molecular flexibility index (Phi) is 4.56. The van der Waals surface area contributed by atoms with Crippen molar-refractivity contribution in [1.82, 2.24) is 24.1 Å². The molecule has 0 spiro atoms. The van der Waals surface area contributed by atoms with Crippen molar-refractivity contribution in [2.45, 2.75) is 6.54 Å². The van der Waals surface area contributed by atoms with E-state index < -0.39 is 0 Å². The minimum absolute atomic E-state index is 0.244. The number of nitrogens with zero attached hydrogens (tertiary/aromatic N) is 6. The van der Waals surface area contributed by atoms with Gasteiger partial charge in [-0.05, 0) is 42.0 Å². The van der Waals surface area contributed by atoms with Crippen LogP contribution in [0, 0.1) is 11.3 Å². The molecular formula is C27H18N6O. The van der Waals surface area contributed by atoms with Crippen molar-refractivity contribution in [2.24, 2.45) is 0 Å². The predicted octanol–water partition coefficient (Wildman–Crippen LogP) is 4.40. The van der Waals surface area contributed by atoms with E-state index in [2.05, 4.69) is 33.0 Å². The molecule has 7 nitrogen and oxygen atoms in total. The molecule has 0 unspecified atom stereocenters. The Morgan fingerprint density at radius 2 is 1.71 bits per heavy atom. The molecule has 1 aromatic heterocycles. The molecule has 2 aliphatic heterocycles. The second-order valence-electron chi connectivity index (χ2n) is 8.00. The van der Waals surface area contributed by atoms with Crippen molar-refractivity contribution in [2.75, 3.05) is 0 Å². The largest absolute Gasteiger partial charge is 0.342 e. The van der Waals surface area contributed by atoms with E-state index in [4.69, 9.17) is 0 Å². The molecule has 3 heterocycles. The molecule has 0 amide bonds. The van der Waals surface area contributed by atoms with Gasteiger partial charge in [0.1, 0.15) is 11.8 Å². The zero-order valence-corrected chi connectivity index (χ0v) is 18.0. The summed E-state index contributed by atoms with van der Waals surface area (Å²) in [6.45, 7) is 0.593. The molecule has 0 N–H and O–H groups in total. The van der Waals surface area contributed by atoms with Crippen LogP contribution in [-0.4, -0.2) is 24.1 Å². The number of hydrogen-bond acceptors (Lipinski definition) is 4. The van der Waals surface area contributed by atoms with Gasteiger partial charge in [0.2, 0.25) is 0 Å². The van der Waals surface area contributed by atoms with Crippen LogP contribution in [-0.2, 0) is 6.54 Å². The van der Waals surface area contributed by atoms with Crippen LogP contribution < -0.4 is 5.56 Å². The summed E-state index contributed by atoms with van der Waals surface area (Å²) >= 11 is 0. The Morgan fingerprint density at radius 1 is 0.912 bits per heavy atom. The van der Waals surface area contributed by atoms with Gasteiger partial charge in [-0.15, -0.1) is 0 Å². The van der Waals surface area contributed by atoms with Gasteiger partial charge >= 0.3 is 0 Å². The average molecular weight is 442 g/mol. The number of benzene rings is 3. The van der Waals surface area contributed by atoms with E-state index in [9.17, 15) is 10.1 Å². The van der Waals surface area contributed by atoms with Crippen molar-refractivity contribution in [1.29, 1.82) is 5.26 Å². The van der Waals surface area contributed by atoms with Crippen molar-refractivity contribution < 1.29 is 0 Å². The van der Waals surface area contributed by atoms with E-state index in [1.54, 1.807) is 30.5 Å². The van der Waals surface area contributed by atoms with Crippen molar-refractivity contribution in [3.05, 3.63) is 119 Å². The van der Waals surface area contributed by atoms with Gasteiger partial charge in [-0.1, -0.05) is 42.5 Å². The first-order valence-corrected chi connectivity index (χ1v) is 10.8. The Bertz CT molecular complexity index is 1700. The van der Waals surface area contributed by atoms with Crippen molar-refractivity contribution >= 4 is 10.9 Å². The maximum Gasteiger partial charge on any atom is 0.282 e. The molecule has 0 saturated carbocycles. The summed E-state index contributed by atoms with van der Waals surface area (Å²) < 4.78 is 5.22. The molecule has 0 atom stereocenters. The Hall–Kier alpha value is -4.96. The molecule has 4 aromatic rings. The summed E-state index contributed by atoms with van der Waals surface area (Å²) in [6, 6.07) is 27.1. The van der Waals surface area contributed by atoms with E-state index in [0.717, 1.165) is 22.2 Å². The number of para-hydroxylation sites is 2. The van der Waals surface area contributed by atoms with Crippen molar-refractivity contribution in [3.63, 3.8) is 0 Å². The highest BCUT2D eigenvalue weighted by Crippen LogP contribution is 2.29. The summed E-state index contributed by atoms with van der Waals surface area (Å²) in [5.74, 6) is 0. The van der Waals surface area contributed by atoms with Gasteiger partial charge in [0.15, 0.2) is 0 Å². The van der Waals surface area contributed by atoms with E-state index in [0.29, 0.717) is 29.1 Å². The van der Waals surface area contributed by atoms with Gasteiger partial charge in [-0.2, -0.15) is 20.1 Å². The molecule has 162 valence electrons. The minimum Gasteiger partial charge on any atom is -0.342 e. The maximum atomic E-state index is 13.4. The third-order valence-corrected chi connectivity index (χ3v) is 5.94. The fourth-order valence-corrected chi connectivity index (χ4v) is 4.30. The topological polar surface area (TPSA) is 81.4 Å². The highest BCUT2D eigenvalue weighted by molar-refractivity contribution is 5.93. The molecule has 3 aromatic carbocycles. The van der Waals surface area contributed by atoms with Crippen molar-refractivity contribution in [3.8, 4) is 28.7 Å². The molecular weight excluding hydrogens is 424 g/mol. The highest BCUT2D eigenvalue weighted by Gasteiger charge is 2.21. The predicted molar refractivity (Wildman–Crippen MR) is 129 cm³/mol. The van der Waals surface area contributed by atoms with Crippen LogP contribution in [0.2, 0.25) is 0 Å². The first-order valence-electron chi connectivity index (χ1n) is 10.8. The molecule has 2 aliphatic rings. The van der Waals surface area contributed by atoms with E-state index >= 15 is 0 Å². The van der Waals surface area contributed by atoms with Gasteiger partial charge in [0, 0.05) is 30.5 Å². The molecule has 0 saturated heterocycles. The number of fused-ring (bicyclic) bond motifs is 3. The van der Waals surface area contributed by atoms with Gasteiger partial charge in [-0.3, -0.25) is 4.79 Å². The van der Waals surface area contributed by atoms with E-state index in [1.165, 1.54) is 4.68 Å². The van der Waals surface area contributed by atoms with Crippen LogP contribution in [0.4, 0.5) is 0 Å². The molecule has 7 heteroatoms. The highest BCUT2D eigenvalue weighted by atomic mass is 16.1. The minimum atomic E-state index is -0.244. The lowest BCUT2D eigenvalue weighted by Crippen LogP contribution is -2.16. The van der Waals surface area contributed by atoms with Gasteiger partial charge < -0.3 is 4.57 Å². The second-order valence-corrected chi connectivity index (χ2v) is 8.00. The lowest BCUT2D eigenvalue weighted by atomic mass is 10.1. The average Bonchev–Trinajstić information content (AvgIpc) is 3.54. The lowest BCUT2D eigenvalue weighted by Gasteiger charge is -2.14. The molecule has 0 radical (unpaired) electrons. The third-order valence-electron chi connectivity index (χ3n) is 5.94. The van der Waals surface area contributed by atoms with E-state index in [-0.39, 0.29) is 5.56 Å². The van der Waals surface area contributed by atoms with Crippen LogP contribution in [0.15, 0.2) is 102 Å². The fourth-order valence-electron chi connectivity index (χ4n) is 4.30. The van der Waals surface area contributed by atoms with Crippen LogP contribution in [0.5, 0.6) is 0 Å². The summed E-state index contributed by atoms with van der Waals surface area (Å²) in [5.41, 5.74) is 4.84. The molecule has 0 bridgehead atoms. The van der Waals surface area contributed by atoms with Gasteiger partial charge in [0.05, 0.1) is 28.0 Å². The first-order chi connectivity index (χ1) is 16.7. The summed E-state index contributed by atoms with van der Waals surface area (Å²) in [7, 11) is 0. The van der Waals surface area contributed by atoms with Crippen LogP contribution in [0.25, 0.3) is 33.5 Å². The Morgan fingerprint density at radius 3 is 2.50 bits per heavy atom. The fraction of sp³-hybridized carbons (Fsp3) is 0.0370. The van der Waals surface area contributed by atoms with Crippen LogP contribution in [0.1, 0.15) is 11.1 Å². The molecule has 34 heavy (non-hydrogen) atoms. The smallest absolute Gasteiger partial charge is 0.282 e. The quantitative estimate of drug-likeness (QED) is 0.405. The second kappa shape index (κ2) is 7.87. The summed E-state index contributed by atoms with van der Waals surface area (Å²) in [4.78, 5) is 13.4. The standard InChI is InChI=1S/C27H18N6O/c28-16-20-6-1-3-8-24(20)33-27(34)23-18-31(25-9-4-2-7-22(25)26(23)30-33)17-19-10-12-21(13-11-19)32-15-5-14-29-32/h1-15,18H,17H2. The zero-order valence-electron chi connectivity index (χ0n) is 18.0. The summed E-state index contributed by atoms with van der Waals surface area (Å²) in [6.07, 6.45) is 5.52. The Balaban J connectivity index is 1.49. The number of aromatic nitrogens is 5. The molecule has 6 rings (SSSR count). The van der Waals surface area contributed by atoms with Crippen LogP contribution in [0.3, 0.4) is 0 Å². The number of pyridine rings is 1. The monoisotopic (exact) mass is 442 g/mol.